The van der Waals surface area contributed by atoms with Crippen LogP contribution in [0.4, 0.5) is 5.69 Å². The van der Waals surface area contributed by atoms with E-state index in [9.17, 15) is 4.79 Å². The van der Waals surface area contributed by atoms with Crippen LogP contribution in [0.3, 0.4) is 0 Å². The van der Waals surface area contributed by atoms with Crippen molar-refractivity contribution in [3.63, 3.8) is 0 Å². The van der Waals surface area contributed by atoms with Crippen LogP contribution in [-0.2, 0) is 11.3 Å². The summed E-state index contributed by atoms with van der Waals surface area (Å²) in [6.07, 6.45) is 2.77. The highest BCUT2D eigenvalue weighted by molar-refractivity contribution is 5.58. The lowest BCUT2D eigenvalue weighted by Gasteiger charge is -2.38. The van der Waals surface area contributed by atoms with Gasteiger partial charge < -0.3 is 10.5 Å². The van der Waals surface area contributed by atoms with Crippen LogP contribution < -0.4 is 5.73 Å². The third-order valence-electron chi connectivity index (χ3n) is 3.41. The molecule has 0 saturated carbocycles. The largest absolute Gasteiger partial charge is 0.399 e. The molecule has 0 bridgehead atoms. The predicted octanol–water partition coefficient (Wildman–Crippen LogP) is 0.369. The van der Waals surface area contributed by atoms with E-state index in [-0.39, 0.29) is 6.04 Å². The number of piperazine rings is 1. The summed E-state index contributed by atoms with van der Waals surface area (Å²) in [7, 11) is 0. The van der Waals surface area contributed by atoms with Crippen molar-refractivity contribution in [2.75, 3.05) is 31.9 Å². The number of nitrogens with two attached hydrogens (primary N) is 1. The highest BCUT2D eigenvalue weighted by Gasteiger charge is 2.25. The van der Waals surface area contributed by atoms with Crippen molar-refractivity contribution in [1.82, 2.24) is 14.8 Å². The molecule has 0 radical (unpaired) electrons. The number of aromatic nitrogens is 1. The predicted molar refractivity (Wildman–Crippen MR) is 71.0 cm³/mol. The van der Waals surface area contributed by atoms with Gasteiger partial charge in [0.05, 0.1) is 11.7 Å². The molecule has 1 saturated heterocycles. The maximum Gasteiger partial charge on any atom is 0.138 e. The van der Waals surface area contributed by atoms with Crippen molar-refractivity contribution in [1.29, 1.82) is 0 Å². The summed E-state index contributed by atoms with van der Waals surface area (Å²) in [6, 6.07) is 3.68. The minimum Gasteiger partial charge on any atom is -0.399 e. The summed E-state index contributed by atoms with van der Waals surface area (Å²) < 4.78 is 0. The summed E-state index contributed by atoms with van der Waals surface area (Å²) >= 11 is 0. The number of likely N-dealkylation sites (N-methyl/N-ethyl adjacent to an activating group) is 1. The topological polar surface area (TPSA) is 62.5 Å². The van der Waals surface area contributed by atoms with Crippen LogP contribution in [0, 0.1) is 0 Å². The van der Waals surface area contributed by atoms with E-state index in [0.29, 0.717) is 0 Å². The zero-order chi connectivity index (χ0) is 13.0. The van der Waals surface area contributed by atoms with Crippen molar-refractivity contribution in [3.05, 3.63) is 24.0 Å². The molecular formula is C13H20N4O. The number of pyridine rings is 1. The minimum absolute atomic E-state index is 0.00445. The van der Waals surface area contributed by atoms with E-state index < -0.39 is 0 Å². The molecule has 1 unspecified atom stereocenters. The molecular weight excluding hydrogens is 228 g/mol. The first-order chi connectivity index (χ1) is 8.72. The lowest BCUT2D eigenvalue weighted by molar-refractivity contribution is -0.114. The number of hydrogen-bond acceptors (Lipinski definition) is 5. The van der Waals surface area contributed by atoms with Crippen molar-refractivity contribution in [3.8, 4) is 0 Å². The zero-order valence-corrected chi connectivity index (χ0v) is 10.7. The molecule has 5 heteroatoms. The number of rotatable bonds is 4. The molecule has 0 amide bonds. The molecule has 1 aliphatic rings. The summed E-state index contributed by atoms with van der Waals surface area (Å²) in [6.45, 7) is 6.44. The molecule has 5 nitrogen and oxygen atoms in total. The molecule has 0 aromatic carbocycles. The SMILES string of the molecule is CCN1CCN(Cc2cc(N)ccn2)CC1C=O. The van der Waals surface area contributed by atoms with Gasteiger partial charge in [-0.25, -0.2) is 0 Å². The third kappa shape index (κ3) is 3.05. The number of aldehydes is 1. The van der Waals surface area contributed by atoms with Gasteiger partial charge in [-0.05, 0) is 18.7 Å². The first kappa shape index (κ1) is 13.0. The van der Waals surface area contributed by atoms with Crippen LogP contribution in [0.2, 0.25) is 0 Å². The molecule has 2 heterocycles. The van der Waals surface area contributed by atoms with Gasteiger partial charge in [-0.1, -0.05) is 6.92 Å². The number of carbonyl (C=O) groups is 1. The van der Waals surface area contributed by atoms with Gasteiger partial charge in [0, 0.05) is 38.1 Å². The second kappa shape index (κ2) is 5.93. The Labute approximate surface area is 108 Å². The molecule has 18 heavy (non-hydrogen) atoms. The maximum atomic E-state index is 11.1. The lowest BCUT2D eigenvalue weighted by atomic mass is 10.1. The molecule has 0 spiro atoms. The Kier molecular flexibility index (Phi) is 4.28. The van der Waals surface area contributed by atoms with E-state index in [2.05, 4.69) is 21.7 Å². The van der Waals surface area contributed by atoms with Crippen LogP contribution in [0.15, 0.2) is 18.3 Å². The summed E-state index contributed by atoms with van der Waals surface area (Å²) in [5.74, 6) is 0. The second-order valence-corrected chi connectivity index (χ2v) is 4.65. The number of nitrogens with zero attached hydrogens (tertiary/aromatic N) is 3. The molecule has 2 rings (SSSR count). The van der Waals surface area contributed by atoms with Crippen LogP contribution in [-0.4, -0.2) is 53.3 Å². The van der Waals surface area contributed by atoms with E-state index in [1.165, 1.54) is 0 Å². The Morgan fingerprint density at radius 1 is 1.56 bits per heavy atom. The van der Waals surface area contributed by atoms with Crippen molar-refractivity contribution < 1.29 is 4.79 Å². The smallest absolute Gasteiger partial charge is 0.138 e. The fraction of sp³-hybridized carbons (Fsp3) is 0.538. The van der Waals surface area contributed by atoms with Crippen molar-refractivity contribution >= 4 is 12.0 Å². The highest BCUT2D eigenvalue weighted by atomic mass is 16.1. The fourth-order valence-corrected chi connectivity index (χ4v) is 2.38. The average molecular weight is 248 g/mol. The highest BCUT2D eigenvalue weighted by Crippen LogP contribution is 2.12. The van der Waals surface area contributed by atoms with E-state index >= 15 is 0 Å². The van der Waals surface area contributed by atoms with Gasteiger partial charge in [-0.15, -0.1) is 0 Å². The Bertz CT molecular complexity index is 410. The van der Waals surface area contributed by atoms with Crippen LogP contribution in [0.5, 0.6) is 0 Å². The molecule has 2 N–H and O–H groups in total. The Morgan fingerprint density at radius 2 is 2.39 bits per heavy atom. The molecule has 1 fully saturated rings. The Morgan fingerprint density at radius 3 is 3.06 bits per heavy atom. The first-order valence-corrected chi connectivity index (χ1v) is 6.35. The molecule has 1 atom stereocenters. The van der Waals surface area contributed by atoms with Crippen molar-refractivity contribution in [2.45, 2.75) is 19.5 Å². The van der Waals surface area contributed by atoms with Gasteiger partial charge in [0.1, 0.15) is 6.29 Å². The van der Waals surface area contributed by atoms with Gasteiger partial charge in [0.25, 0.3) is 0 Å². The molecule has 0 aliphatic carbocycles. The van der Waals surface area contributed by atoms with Crippen molar-refractivity contribution in [2.24, 2.45) is 0 Å². The fourth-order valence-electron chi connectivity index (χ4n) is 2.38. The second-order valence-electron chi connectivity index (χ2n) is 4.65. The van der Waals surface area contributed by atoms with Crippen LogP contribution in [0.25, 0.3) is 0 Å². The van der Waals surface area contributed by atoms with E-state index in [0.717, 1.165) is 50.4 Å². The average Bonchev–Trinajstić information content (AvgIpc) is 2.38. The van der Waals surface area contributed by atoms with Gasteiger partial charge in [0.2, 0.25) is 0 Å². The lowest BCUT2D eigenvalue weighted by Crippen LogP contribution is -2.53. The number of anilines is 1. The van der Waals surface area contributed by atoms with Gasteiger partial charge in [-0.3, -0.25) is 14.8 Å². The Balaban J connectivity index is 1.97. The molecule has 1 aromatic heterocycles. The minimum atomic E-state index is 0.00445. The summed E-state index contributed by atoms with van der Waals surface area (Å²) in [5, 5.41) is 0. The number of hydrogen-bond donors (Lipinski definition) is 1. The van der Waals surface area contributed by atoms with Gasteiger partial charge >= 0.3 is 0 Å². The summed E-state index contributed by atoms with van der Waals surface area (Å²) in [4.78, 5) is 19.8. The van der Waals surface area contributed by atoms with E-state index in [4.69, 9.17) is 5.73 Å². The molecule has 98 valence electrons. The van der Waals surface area contributed by atoms with Crippen LogP contribution in [0.1, 0.15) is 12.6 Å². The van der Waals surface area contributed by atoms with Gasteiger partial charge in [0.15, 0.2) is 0 Å². The molecule has 1 aromatic rings. The standard InChI is InChI=1S/C13H20N4O/c1-2-17-6-5-16(9-13(17)10-18)8-12-7-11(14)3-4-15-12/h3-4,7,10,13H,2,5-6,8-9H2,1H3,(H2,14,15). The zero-order valence-electron chi connectivity index (χ0n) is 10.7. The number of nitrogen functional groups attached to an aromatic ring is 1. The van der Waals surface area contributed by atoms with Gasteiger partial charge in [-0.2, -0.15) is 0 Å². The number of carbonyl (C=O) groups excluding carboxylic acids is 1. The maximum absolute atomic E-state index is 11.1. The first-order valence-electron chi connectivity index (χ1n) is 6.35. The van der Waals surface area contributed by atoms with E-state index in [1.807, 2.05) is 6.07 Å². The van der Waals surface area contributed by atoms with Crippen LogP contribution >= 0.6 is 0 Å². The molecule has 1 aliphatic heterocycles. The normalized spacial score (nSPS) is 21.9. The Hall–Kier alpha value is -1.46. The summed E-state index contributed by atoms with van der Waals surface area (Å²) in [5.41, 5.74) is 7.44. The quantitative estimate of drug-likeness (QED) is 0.780. The monoisotopic (exact) mass is 248 g/mol. The van der Waals surface area contributed by atoms with E-state index in [1.54, 1.807) is 12.3 Å². The third-order valence-corrected chi connectivity index (χ3v) is 3.41.